The number of rotatable bonds is 16. The van der Waals surface area contributed by atoms with Gasteiger partial charge in [-0.25, -0.2) is 0 Å². The Morgan fingerprint density at radius 2 is 0.935 bits per heavy atom. The topological polar surface area (TPSA) is 80.9 Å². The maximum absolute atomic E-state index is 14.6. The summed E-state index contributed by atoms with van der Waals surface area (Å²) in [5, 5.41) is 8.82. The normalized spacial score (nSPS) is 16.2. The molecule has 7 nitrogen and oxygen atoms in total. The standard InChI is InChI=1S/C38H40N3O4P/c1-5-20-39-32-17-8-26(23-35(32)43-29-11-12-29)38(46(4)42,27-9-18-33(40-21-6-2)36(24-27)44-30-13-14-30)28-10-19-34(41-22-7-3)37(25-28)45-31-15-16-31/h1-3,8-10,17-19,23-25,29-31,39-41,46H,11-16,20-22H2,4H3. The van der Waals surface area contributed by atoms with Crippen molar-refractivity contribution < 1.29 is 18.8 Å². The van der Waals surface area contributed by atoms with Crippen LogP contribution in [0.3, 0.4) is 0 Å². The van der Waals surface area contributed by atoms with Crippen LogP contribution in [-0.4, -0.2) is 44.6 Å². The lowest BCUT2D eigenvalue weighted by Gasteiger charge is -2.36. The molecule has 0 aromatic heterocycles. The number of ether oxygens (including phenoxy) is 3. The van der Waals surface area contributed by atoms with Gasteiger partial charge in [-0.3, -0.25) is 0 Å². The molecule has 236 valence electrons. The summed E-state index contributed by atoms with van der Waals surface area (Å²) in [6.45, 7) is 2.89. The van der Waals surface area contributed by atoms with Crippen LogP contribution in [0.15, 0.2) is 54.6 Å². The first-order valence-corrected chi connectivity index (χ1v) is 17.8. The molecule has 6 rings (SSSR count). The summed E-state index contributed by atoms with van der Waals surface area (Å²) in [5.74, 6) is 9.99. The molecule has 8 heteroatoms. The Balaban J connectivity index is 1.56. The quantitative estimate of drug-likeness (QED) is 0.0897. The summed E-state index contributed by atoms with van der Waals surface area (Å²) in [7, 11) is -2.44. The lowest BCUT2D eigenvalue weighted by Crippen LogP contribution is -2.26. The zero-order valence-corrected chi connectivity index (χ0v) is 27.2. The Kier molecular flexibility index (Phi) is 9.40. The lowest BCUT2D eigenvalue weighted by molar-refractivity contribution is 0.303. The van der Waals surface area contributed by atoms with E-state index in [1.165, 1.54) is 0 Å². The smallest absolute Gasteiger partial charge is 0.143 e. The average Bonchev–Trinajstić information content (AvgIpc) is 3.89. The Morgan fingerprint density at radius 1 is 0.630 bits per heavy atom. The fourth-order valence-corrected chi connectivity index (χ4v) is 7.33. The molecular formula is C38H40N3O4P. The Hall–Kier alpha value is -4.63. The van der Waals surface area contributed by atoms with Gasteiger partial charge < -0.3 is 34.7 Å². The van der Waals surface area contributed by atoms with E-state index in [2.05, 4.69) is 33.7 Å². The largest absolute Gasteiger partial charge is 0.488 e. The third-order valence-corrected chi connectivity index (χ3v) is 10.3. The number of benzene rings is 3. The predicted octanol–water partition coefficient (Wildman–Crippen LogP) is 6.93. The molecule has 0 radical (unpaired) electrons. The maximum Gasteiger partial charge on any atom is 0.143 e. The highest BCUT2D eigenvalue weighted by molar-refractivity contribution is 7.45. The van der Waals surface area contributed by atoms with E-state index in [1.54, 1.807) is 0 Å². The van der Waals surface area contributed by atoms with E-state index < -0.39 is 13.0 Å². The van der Waals surface area contributed by atoms with Crippen molar-refractivity contribution in [2.24, 2.45) is 0 Å². The van der Waals surface area contributed by atoms with Crippen LogP contribution < -0.4 is 30.2 Å². The van der Waals surface area contributed by atoms with Crippen LogP contribution in [-0.2, 0) is 9.72 Å². The van der Waals surface area contributed by atoms with Gasteiger partial charge in [-0.05, 0) is 98.3 Å². The third kappa shape index (κ3) is 6.94. The van der Waals surface area contributed by atoms with Crippen molar-refractivity contribution in [2.75, 3.05) is 42.2 Å². The lowest BCUT2D eigenvalue weighted by atomic mass is 9.83. The number of nitrogens with one attached hydrogen (secondary N) is 3. The molecule has 0 bridgehead atoms. The molecule has 0 heterocycles. The summed E-state index contributed by atoms with van der Waals surface area (Å²) >= 11 is 0. The molecule has 3 aromatic rings. The minimum absolute atomic E-state index is 0.148. The van der Waals surface area contributed by atoms with Crippen molar-refractivity contribution in [3.05, 3.63) is 71.3 Å². The van der Waals surface area contributed by atoms with Crippen molar-refractivity contribution in [1.29, 1.82) is 0 Å². The molecule has 0 amide bonds. The fraction of sp³-hybridized carbons (Fsp3) is 0.368. The van der Waals surface area contributed by atoms with Gasteiger partial charge >= 0.3 is 0 Å². The number of terminal acetylenes is 3. The first-order chi connectivity index (χ1) is 22.5. The van der Waals surface area contributed by atoms with Gasteiger partial charge in [-0.2, -0.15) is 0 Å². The van der Waals surface area contributed by atoms with E-state index in [9.17, 15) is 4.57 Å². The summed E-state index contributed by atoms with van der Waals surface area (Å²) in [4.78, 5) is 0. The number of hydrogen-bond donors (Lipinski definition) is 3. The van der Waals surface area contributed by atoms with Gasteiger partial charge in [0.25, 0.3) is 0 Å². The molecule has 3 aliphatic carbocycles. The minimum atomic E-state index is -2.44. The Morgan fingerprint density at radius 3 is 1.17 bits per heavy atom. The SMILES string of the molecule is C#CCNc1ccc(C(c2ccc(NCC#C)c(OC3CC3)c2)(c2ccc(NCC#C)c(OC3CC3)c2)[PH](C)=O)cc1OC1CC1. The summed E-state index contributed by atoms with van der Waals surface area (Å²) in [5.41, 5.74) is 4.92. The van der Waals surface area contributed by atoms with Crippen LogP contribution in [0, 0.1) is 37.0 Å². The van der Waals surface area contributed by atoms with E-state index in [1.807, 2.05) is 61.3 Å². The monoisotopic (exact) mass is 633 g/mol. The van der Waals surface area contributed by atoms with E-state index >= 15 is 0 Å². The molecule has 3 aromatic carbocycles. The molecule has 0 saturated heterocycles. The van der Waals surface area contributed by atoms with Gasteiger partial charge in [-0.1, -0.05) is 36.0 Å². The molecule has 1 atom stereocenters. The van der Waals surface area contributed by atoms with Crippen molar-refractivity contribution in [1.82, 2.24) is 0 Å². The second kappa shape index (κ2) is 13.8. The van der Waals surface area contributed by atoms with Crippen molar-refractivity contribution in [2.45, 2.75) is 62.0 Å². The second-order valence-corrected chi connectivity index (χ2v) is 13.9. The zero-order valence-electron chi connectivity index (χ0n) is 26.2. The Labute approximate surface area is 273 Å². The molecule has 1 unspecified atom stereocenters. The van der Waals surface area contributed by atoms with Gasteiger partial charge in [0.1, 0.15) is 17.2 Å². The zero-order chi connectivity index (χ0) is 32.1. The van der Waals surface area contributed by atoms with Gasteiger partial charge in [-0.15, -0.1) is 19.3 Å². The van der Waals surface area contributed by atoms with Crippen molar-refractivity contribution >= 4 is 24.9 Å². The van der Waals surface area contributed by atoms with Gasteiger partial charge in [0.2, 0.25) is 0 Å². The molecule has 3 fully saturated rings. The second-order valence-electron chi connectivity index (χ2n) is 12.1. The molecule has 0 aliphatic heterocycles. The van der Waals surface area contributed by atoms with E-state index in [-0.39, 0.29) is 18.3 Å². The van der Waals surface area contributed by atoms with E-state index in [4.69, 9.17) is 33.5 Å². The predicted molar refractivity (Wildman–Crippen MR) is 187 cm³/mol. The van der Waals surface area contributed by atoms with Crippen LogP contribution in [0.1, 0.15) is 55.2 Å². The molecule has 3 aliphatic rings. The highest BCUT2D eigenvalue weighted by Crippen LogP contribution is 2.58. The van der Waals surface area contributed by atoms with Gasteiger partial charge in [0.05, 0.1) is 68.0 Å². The fourth-order valence-electron chi connectivity index (χ4n) is 5.64. The number of anilines is 3. The molecule has 0 spiro atoms. The van der Waals surface area contributed by atoms with E-state index in [0.29, 0.717) is 36.9 Å². The summed E-state index contributed by atoms with van der Waals surface area (Å²) in [6.07, 6.45) is 23.1. The first kappa shape index (κ1) is 31.4. The highest BCUT2D eigenvalue weighted by atomic mass is 31.1. The van der Waals surface area contributed by atoms with Crippen LogP contribution in [0.25, 0.3) is 0 Å². The molecule has 3 N–H and O–H groups in total. The van der Waals surface area contributed by atoms with E-state index in [0.717, 1.165) is 72.3 Å². The summed E-state index contributed by atoms with van der Waals surface area (Å²) in [6, 6.07) is 18.0. The van der Waals surface area contributed by atoms with Crippen LogP contribution in [0.4, 0.5) is 17.1 Å². The van der Waals surface area contributed by atoms with Crippen molar-refractivity contribution in [3.8, 4) is 54.3 Å². The highest BCUT2D eigenvalue weighted by Gasteiger charge is 2.43. The average molecular weight is 634 g/mol. The first-order valence-electron chi connectivity index (χ1n) is 15.9. The molecular weight excluding hydrogens is 593 g/mol. The Bertz CT molecular complexity index is 1550. The molecule has 3 saturated carbocycles. The van der Waals surface area contributed by atoms with Crippen LogP contribution >= 0.6 is 7.80 Å². The van der Waals surface area contributed by atoms with Gasteiger partial charge in [0, 0.05) is 0 Å². The minimum Gasteiger partial charge on any atom is -0.488 e. The number of hydrogen-bond acceptors (Lipinski definition) is 7. The van der Waals surface area contributed by atoms with Crippen LogP contribution in [0.2, 0.25) is 0 Å². The molecule has 46 heavy (non-hydrogen) atoms. The van der Waals surface area contributed by atoms with Crippen molar-refractivity contribution in [3.63, 3.8) is 0 Å². The third-order valence-electron chi connectivity index (χ3n) is 8.37. The van der Waals surface area contributed by atoms with Crippen LogP contribution in [0.5, 0.6) is 17.2 Å². The maximum atomic E-state index is 14.6. The summed E-state index contributed by atoms with van der Waals surface area (Å²) < 4.78 is 33.8. The van der Waals surface area contributed by atoms with Gasteiger partial charge in [0.15, 0.2) is 0 Å².